The van der Waals surface area contributed by atoms with Crippen molar-refractivity contribution in [2.75, 3.05) is 0 Å². The molecular weight excluding hydrogens is 262 g/mol. The van der Waals surface area contributed by atoms with Gasteiger partial charge in [-0.1, -0.05) is 50.9 Å². The van der Waals surface area contributed by atoms with E-state index in [4.69, 9.17) is 46.4 Å². The summed E-state index contributed by atoms with van der Waals surface area (Å²) in [6.07, 6.45) is 0. The van der Waals surface area contributed by atoms with E-state index in [-0.39, 0.29) is 5.03 Å². The van der Waals surface area contributed by atoms with Crippen LogP contribution in [0.3, 0.4) is 0 Å². The maximum Gasteiger partial charge on any atom is 0.199 e. The van der Waals surface area contributed by atoms with Crippen LogP contribution in [0.2, 0.25) is 0 Å². The lowest BCUT2D eigenvalue weighted by Crippen LogP contribution is -2.07. The van der Waals surface area contributed by atoms with Crippen molar-refractivity contribution in [1.82, 2.24) is 9.59 Å². The molecule has 1 heterocycles. The van der Waals surface area contributed by atoms with Crippen molar-refractivity contribution in [1.29, 1.82) is 0 Å². The van der Waals surface area contributed by atoms with Crippen LogP contribution in [0.15, 0.2) is 5.03 Å². The maximum atomic E-state index is 5.88. The minimum absolute atomic E-state index is 0.198. The first-order valence-corrected chi connectivity index (χ1v) is 5.10. The zero-order valence-electron chi connectivity index (χ0n) is 5.31. The molecule has 0 amide bonds. The number of hydrogen-bond acceptors (Lipinski definition) is 3. The van der Waals surface area contributed by atoms with Gasteiger partial charge in [0, 0.05) is 0 Å². The number of hydrogen-bond donors (Lipinski definition) is 0. The lowest BCUT2D eigenvalue weighted by atomic mass is 10.4. The Morgan fingerprint density at radius 1 is 1.25 bits per heavy atom. The van der Waals surface area contributed by atoms with E-state index >= 15 is 0 Å². The van der Waals surface area contributed by atoms with E-state index in [9.17, 15) is 0 Å². The SMILES string of the molecule is ClC1=C(Cl)C(Cl)(Cl)c2nnsc21. The van der Waals surface area contributed by atoms with Crippen molar-refractivity contribution in [3.05, 3.63) is 15.6 Å². The van der Waals surface area contributed by atoms with Crippen molar-refractivity contribution in [3.63, 3.8) is 0 Å². The molecule has 0 atom stereocenters. The second kappa shape index (κ2) is 2.72. The summed E-state index contributed by atoms with van der Waals surface area (Å²) in [5, 5.41) is 4.28. The summed E-state index contributed by atoms with van der Waals surface area (Å²) >= 11 is 24.5. The van der Waals surface area contributed by atoms with E-state index in [1.165, 1.54) is 0 Å². The molecule has 0 saturated carbocycles. The summed E-state index contributed by atoms with van der Waals surface area (Å²) in [5.41, 5.74) is 0.422. The smallest absolute Gasteiger partial charge is 0.139 e. The molecule has 1 aromatic rings. The zero-order valence-corrected chi connectivity index (χ0v) is 9.15. The highest BCUT2D eigenvalue weighted by atomic mass is 35.5. The maximum absolute atomic E-state index is 5.88. The van der Waals surface area contributed by atoms with Gasteiger partial charge in [-0.05, 0) is 11.5 Å². The van der Waals surface area contributed by atoms with Gasteiger partial charge in [0.1, 0.15) is 5.69 Å². The van der Waals surface area contributed by atoms with Gasteiger partial charge >= 0.3 is 0 Å². The fourth-order valence-corrected chi connectivity index (χ4v) is 2.79. The third-order valence-corrected chi connectivity index (χ3v) is 4.19. The fraction of sp³-hybridized carbons (Fsp3) is 0.200. The van der Waals surface area contributed by atoms with Crippen LogP contribution in [0.25, 0.3) is 5.03 Å². The van der Waals surface area contributed by atoms with Crippen LogP contribution >= 0.6 is 57.9 Å². The molecule has 2 rings (SSSR count). The zero-order chi connectivity index (χ0) is 8.93. The number of fused-ring (bicyclic) bond motifs is 1. The van der Waals surface area contributed by atoms with Crippen molar-refractivity contribution in [2.45, 2.75) is 4.33 Å². The second-order valence-electron chi connectivity index (χ2n) is 2.15. The Morgan fingerprint density at radius 2 is 1.92 bits per heavy atom. The highest BCUT2D eigenvalue weighted by Crippen LogP contribution is 2.55. The molecular formula is C5Cl4N2S. The van der Waals surface area contributed by atoms with Crippen LogP contribution in [-0.2, 0) is 4.33 Å². The summed E-state index contributed by atoms with van der Waals surface area (Å²) in [5.74, 6) is 0. The van der Waals surface area contributed by atoms with E-state index in [0.29, 0.717) is 15.6 Å². The lowest BCUT2D eigenvalue weighted by molar-refractivity contribution is 0.966. The Morgan fingerprint density at radius 3 is 2.50 bits per heavy atom. The first-order valence-electron chi connectivity index (χ1n) is 2.82. The van der Waals surface area contributed by atoms with Gasteiger partial charge in [0.2, 0.25) is 0 Å². The Hall–Kier alpha value is 0.460. The topological polar surface area (TPSA) is 25.8 Å². The molecule has 0 spiro atoms. The third kappa shape index (κ3) is 1.01. The van der Waals surface area contributed by atoms with Crippen LogP contribution in [0.4, 0.5) is 0 Å². The summed E-state index contributed by atoms with van der Waals surface area (Å²) in [4.78, 5) is 0.645. The van der Waals surface area contributed by atoms with E-state index in [0.717, 1.165) is 11.5 Å². The monoisotopic (exact) mass is 260 g/mol. The van der Waals surface area contributed by atoms with Gasteiger partial charge in [0.15, 0.2) is 4.33 Å². The summed E-state index contributed by atoms with van der Waals surface area (Å²) in [6.45, 7) is 0. The number of aromatic nitrogens is 2. The standard InChI is InChI=1S/C5Cl4N2S/c6-1-2-4(10-11-12-2)5(8,9)3(1)7. The Balaban J connectivity index is 2.72. The summed E-state index contributed by atoms with van der Waals surface area (Å²) < 4.78 is 2.35. The molecule has 0 unspecified atom stereocenters. The third-order valence-electron chi connectivity index (χ3n) is 1.45. The first-order chi connectivity index (χ1) is 5.55. The Bertz CT molecular complexity index is 369. The van der Waals surface area contributed by atoms with Crippen LogP contribution in [0.1, 0.15) is 10.6 Å². The summed E-state index contributed by atoms with van der Waals surface area (Å²) in [6, 6.07) is 0. The van der Waals surface area contributed by atoms with Gasteiger partial charge in [0.25, 0.3) is 0 Å². The normalized spacial score (nSPS) is 20.0. The van der Waals surface area contributed by atoms with E-state index in [1.807, 2.05) is 0 Å². The van der Waals surface area contributed by atoms with E-state index in [1.54, 1.807) is 0 Å². The number of allylic oxidation sites excluding steroid dienone is 1. The molecule has 0 aromatic carbocycles. The molecule has 7 heteroatoms. The van der Waals surface area contributed by atoms with Crippen molar-refractivity contribution < 1.29 is 0 Å². The van der Waals surface area contributed by atoms with Crippen LogP contribution in [0.5, 0.6) is 0 Å². The van der Waals surface area contributed by atoms with Crippen LogP contribution in [0, 0.1) is 0 Å². The number of nitrogens with zero attached hydrogens (tertiary/aromatic N) is 2. The number of rotatable bonds is 0. The molecule has 2 nitrogen and oxygen atoms in total. The minimum atomic E-state index is -1.32. The number of alkyl halides is 2. The van der Waals surface area contributed by atoms with Gasteiger partial charge in [-0.25, -0.2) is 0 Å². The highest BCUT2D eigenvalue weighted by molar-refractivity contribution is 7.08. The lowest BCUT2D eigenvalue weighted by Gasteiger charge is -2.09. The quantitative estimate of drug-likeness (QED) is 0.670. The molecule has 0 fully saturated rings. The summed E-state index contributed by atoms with van der Waals surface area (Å²) in [7, 11) is 0. The molecule has 0 saturated heterocycles. The van der Waals surface area contributed by atoms with Crippen molar-refractivity contribution in [2.24, 2.45) is 0 Å². The molecule has 1 aliphatic rings. The first kappa shape index (κ1) is 9.03. The fourth-order valence-electron chi connectivity index (χ4n) is 0.882. The molecule has 0 N–H and O–H groups in total. The Labute approximate surface area is 92.2 Å². The highest BCUT2D eigenvalue weighted by Gasteiger charge is 2.44. The van der Waals surface area contributed by atoms with Crippen molar-refractivity contribution in [3.8, 4) is 0 Å². The van der Waals surface area contributed by atoms with Gasteiger partial charge < -0.3 is 0 Å². The number of halogens is 4. The molecule has 0 bridgehead atoms. The van der Waals surface area contributed by atoms with Gasteiger partial charge in [-0.15, -0.1) is 5.10 Å². The van der Waals surface area contributed by atoms with Gasteiger partial charge in [-0.2, -0.15) is 0 Å². The van der Waals surface area contributed by atoms with Gasteiger partial charge in [0.05, 0.1) is 14.9 Å². The molecule has 64 valence electrons. The van der Waals surface area contributed by atoms with Crippen LogP contribution < -0.4 is 0 Å². The van der Waals surface area contributed by atoms with Crippen LogP contribution in [-0.4, -0.2) is 9.59 Å². The molecule has 1 aromatic heterocycles. The largest absolute Gasteiger partial charge is 0.199 e. The molecule has 0 radical (unpaired) electrons. The predicted octanol–water partition coefficient (Wildman–Crippen LogP) is 3.33. The average molecular weight is 262 g/mol. The Kier molecular flexibility index (Phi) is 2.05. The van der Waals surface area contributed by atoms with E-state index in [2.05, 4.69) is 9.59 Å². The average Bonchev–Trinajstić information content (AvgIpc) is 2.54. The van der Waals surface area contributed by atoms with E-state index < -0.39 is 4.33 Å². The predicted molar refractivity (Wildman–Crippen MR) is 51.9 cm³/mol. The van der Waals surface area contributed by atoms with Crippen molar-refractivity contribution >= 4 is 63.0 Å². The minimum Gasteiger partial charge on any atom is -0.139 e. The molecule has 1 aliphatic carbocycles. The second-order valence-corrected chi connectivity index (χ2v) is 4.99. The molecule has 12 heavy (non-hydrogen) atoms. The van der Waals surface area contributed by atoms with Gasteiger partial charge in [-0.3, -0.25) is 0 Å². The molecule has 0 aliphatic heterocycles.